The lowest BCUT2D eigenvalue weighted by Gasteiger charge is -2.19. The zero-order valence-corrected chi connectivity index (χ0v) is 13.7. The predicted molar refractivity (Wildman–Crippen MR) is 84.3 cm³/mol. The van der Waals surface area contributed by atoms with E-state index in [0.717, 1.165) is 57.9 Å². The molecule has 4 rings (SSSR count). The Balaban J connectivity index is 1.31. The van der Waals surface area contributed by atoms with Gasteiger partial charge in [0.2, 0.25) is 0 Å². The Morgan fingerprint density at radius 2 is 2.26 bits per heavy atom. The van der Waals surface area contributed by atoms with Gasteiger partial charge < -0.3 is 19.5 Å². The predicted octanol–water partition coefficient (Wildman–Crippen LogP) is 1.64. The van der Waals surface area contributed by atoms with E-state index in [1.807, 2.05) is 0 Å². The number of nitrogens with zero attached hydrogens (tertiary/aromatic N) is 2. The molecule has 1 N–H and O–H groups in total. The second-order valence-corrected chi connectivity index (χ2v) is 7.39. The first kappa shape index (κ1) is 15.1. The fourth-order valence-corrected chi connectivity index (χ4v) is 3.70. The van der Waals surface area contributed by atoms with Gasteiger partial charge in [0.1, 0.15) is 5.76 Å². The van der Waals surface area contributed by atoms with E-state index in [4.69, 9.17) is 9.26 Å². The van der Waals surface area contributed by atoms with E-state index in [2.05, 4.69) is 22.3 Å². The highest BCUT2D eigenvalue weighted by Crippen LogP contribution is 2.40. The van der Waals surface area contributed by atoms with Crippen molar-refractivity contribution in [1.29, 1.82) is 0 Å². The van der Waals surface area contributed by atoms with Crippen LogP contribution in [0.4, 0.5) is 0 Å². The molecule has 1 saturated carbocycles. The van der Waals surface area contributed by atoms with E-state index in [1.54, 1.807) is 6.07 Å². The highest BCUT2D eigenvalue weighted by Gasteiger charge is 2.34. The molecule has 6 heteroatoms. The second kappa shape index (κ2) is 6.24. The summed E-state index contributed by atoms with van der Waals surface area (Å²) in [6.45, 7) is 7.00. The Morgan fingerprint density at radius 3 is 3.00 bits per heavy atom. The number of amides is 1. The summed E-state index contributed by atoms with van der Waals surface area (Å²) in [5, 5.41) is 7.07. The molecule has 0 aromatic carbocycles. The highest BCUT2D eigenvalue weighted by molar-refractivity contribution is 5.92. The van der Waals surface area contributed by atoms with Crippen molar-refractivity contribution in [1.82, 2.24) is 15.4 Å². The van der Waals surface area contributed by atoms with Gasteiger partial charge in [0.25, 0.3) is 5.91 Å². The van der Waals surface area contributed by atoms with Crippen LogP contribution in [0.2, 0.25) is 0 Å². The van der Waals surface area contributed by atoms with Gasteiger partial charge in [0.15, 0.2) is 5.69 Å². The maximum absolute atomic E-state index is 12.4. The highest BCUT2D eigenvalue weighted by atomic mass is 16.5. The summed E-state index contributed by atoms with van der Waals surface area (Å²) in [5.41, 5.74) is 0.418. The number of carbonyl (C=O) groups excluding carboxylic acids is 1. The molecule has 0 radical (unpaired) electrons. The molecule has 3 heterocycles. The first-order valence-electron chi connectivity index (χ1n) is 8.76. The SMILES string of the molecule is C[C@H]1CN(CC2CCOC2)CC1NC(=O)c1cc(C2CC2)on1. The lowest BCUT2D eigenvalue weighted by Crippen LogP contribution is -2.40. The molecule has 0 bridgehead atoms. The molecular formula is C17H25N3O3. The molecule has 2 aliphatic heterocycles. The standard InChI is InChI=1S/C17H25N3O3/c1-11-7-20(8-12-4-5-22-10-12)9-15(11)18-17(21)14-6-16(23-19-14)13-2-3-13/h6,11-13,15H,2-5,7-10H2,1H3,(H,18,21)/t11-,12?,15?/m0/s1. The van der Waals surface area contributed by atoms with E-state index in [0.29, 0.717) is 23.4 Å². The van der Waals surface area contributed by atoms with Crippen LogP contribution in [0.3, 0.4) is 0 Å². The largest absolute Gasteiger partial charge is 0.381 e. The summed E-state index contributed by atoms with van der Waals surface area (Å²) in [6, 6.07) is 1.99. The van der Waals surface area contributed by atoms with Crippen LogP contribution >= 0.6 is 0 Å². The Labute approximate surface area is 136 Å². The van der Waals surface area contributed by atoms with Gasteiger partial charge in [0, 0.05) is 44.3 Å². The van der Waals surface area contributed by atoms with Gasteiger partial charge >= 0.3 is 0 Å². The maximum Gasteiger partial charge on any atom is 0.273 e. The van der Waals surface area contributed by atoms with Crippen LogP contribution < -0.4 is 5.32 Å². The number of likely N-dealkylation sites (tertiary alicyclic amines) is 1. The van der Waals surface area contributed by atoms with Crippen LogP contribution in [0.25, 0.3) is 0 Å². The fraction of sp³-hybridized carbons (Fsp3) is 0.765. The first-order chi connectivity index (χ1) is 11.2. The average Bonchev–Trinajstić information content (AvgIpc) is 2.94. The van der Waals surface area contributed by atoms with Crippen molar-refractivity contribution in [2.75, 3.05) is 32.8 Å². The monoisotopic (exact) mass is 319 g/mol. The Bertz CT molecular complexity index is 563. The first-order valence-corrected chi connectivity index (χ1v) is 8.76. The van der Waals surface area contributed by atoms with Crippen molar-refractivity contribution in [2.24, 2.45) is 11.8 Å². The van der Waals surface area contributed by atoms with E-state index in [1.165, 1.54) is 0 Å². The van der Waals surface area contributed by atoms with E-state index in [9.17, 15) is 4.79 Å². The molecule has 3 aliphatic rings. The molecule has 23 heavy (non-hydrogen) atoms. The molecular weight excluding hydrogens is 294 g/mol. The summed E-state index contributed by atoms with van der Waals surface area (Å²) in [5.74, 6) is 2.34. The summed E-state index contributed by atoms with van der Waals surface area (Å²) in [6.07, 6.45) is 3.45. The van der Waals surface area contributed by atoms with Crippen molar-refractivity contribution < 1.29 is 14.1 Å². The second-order valence-electron chi connectivity index (χ2n) is 7.39. The van der Waals surface area contributed by atoms with Crippen molar-refractivity contribution >= 4 is 5.91 Å². The van der Waals surface area contributed by atoms with Crippen molar-refractivity contribution in [3.63, 3.8) is 0 Å². The zero-order chi connectivity index (χ0) is 15.8. The van der Waals surface area contributed by atoms with Gasteiger partial charge in [-0.05, 0) is 31.1 Å². The average molecular weight is 319 g/mol. The topological polar surface area (TPSA) is 67.6 Å². The van der Waals surface area contributed by atoms with Crippen molar-refractivity contribution in [3.8, 4) is 0 Å². The number of nitrogens with one attached hydrogen (secondary N) is 1. The molecule has 2 unspecified atom stereocenters. The number of ether oxygens (including phenoxy) is 1. The molecule has 1 aromatic heterocycles. The van der Waals surface area contributed by atoms with Crippen LogP contribution in [0.15, 0.2) is 10.6 Å². The van der Waals surface area contributed by atoms with E-state index in [-0.39, 0.29) is 11.9 Å². The molecule has 1 aliphatic carbocycles. The summed E-state index contributed by atoms with van der Waals surface area (Å²) >= 11 is 0. The van der Waals surface area contributed by atoms with Gasteiger partial charge in [-0.15, -0.1) is 0 Å². The molecule has 126 valence electrons. The normalized spacial score (nSPS) is 31.6. The number of rotatable bonds is 5. The number of carbonyl (C=O) groups is 1. The fourth-order valence-electron chi connectivity index (χ4n) is 3.70. The molecule has 2 saturated heterocycles. The van der Waals surface area contributed by atoms with Gasteiger partial charge in [-0.2, -0.15) is 0 Å². The van der Waals surface area contributed by atoms with Crippen LogP contribution in [-0.4, -0.2) is 54.9 Å². The summed E-state index contributed by atoms with van der Waals surface area (Å²) in [7, 11) is 0. The zero-order valence-electron chi connectivity index (χ0n) is 13.7. The van der Waals surface area contributed by atoms with E-state index >= 15 is 0 Å². The van der Waals surface area contributed by atoms with E-state index < -0.39 is 0 Å². The number of aromatic nitrogens is 1. The van der Waals surface area contributed by atoms with Gasteiger partial charge in [-0.1, -0.05) is 12.1 Å². The summed E-state index contributed by atoms with van der Waals surface area (Å²) in [4.78, 5) is 14.8. The third-order valence-corrected chi connectivity index (χ3v) is 5.29. The minimum atomic E-state index is -0.108. The van der Waals surface area contributed by atoms with Gasteiger partial charge in [-0.25, -0.2) is 0 Å². The maximum atomic E-state index is 12.4. The quantitative estimate of drug-likeness (QED) is 0.893. The van der Waals surface area contributed by atoms with Crippen molar-refractivity contribution in [3.05, 3.63) is 17.5 Å². The van der Waals surface area contributed by atoms with Crippen LogP contribution in [0, 0.1) is 11.8 Å². The number of hydrogen-bond acceptors (Lipinski definition) is 5. The lowest BCUT2D eigenvalue weighted by molar-refractivity contribution is 0.0921. The lowest BCUT2D eigenvalue weighted by atomic mass is 10.1. The Morgan fingerprint density at radius 1 is 1.39 bits per heavy atom. The van der Waals surface area contributed by atoms with Crippen molar-refractivity contribution in [2.45, 2.75) is 38.1 Å². The molecule has 3 atom stereocenters. The third kappa shape index (κ3) is 3.43. The molecule has 1 aromatic rings. The van der Waals surface area contributed by atoms with Gasteiger partial charge in [-0.3, -0.25) is 4.79 Å². The minimum Gasteiger partial charge on any atom is -0.381 e. The molecule has 0 spiro atoms. The third-order valence-electron chi connectivity index (χ3n) is 5.29. The van der Waals surface area contributed by atoms with Crippen LogP contribution in [0.1, 0.15) is 48.4 Å². The Hall–Kier alpha value is -1.40. The Kier molecular flexibility index (Phi) is 4.11. The molecule has 6 nitrogen and oxygen atoms in total. The smallest absolute Gasteiger partial charge is 0.273 e. The summed E-state index contributed by atoms with van der Waals surface area (Å²) < 4.78 is 10.7. The molecule has 1 amide bonds. The number of hydrogen-bond donors (Lipinski definition) is 1. The molecule has 3 fully saturated rings. The van der Waals surface area contributed by atoms with Gasteiger partial charge in [0.05, 0.1) is 6.61 Å². The van der Waals surface area contributed by atoms with Crippen LogP contribution in [-0.2, 0) is 4.74 Å². The minimum absolute atomic E-state index is 0.108. The van der Waals surface area contributed by atoms with Crippen LogP contribution in [0.5, 0.6) is 0 Å².